The molecule has 0 saturated heterocycles. The number of hydrogen-bond donors (Lipinski definition) is 1. The van der Waals surface area contributed by atoms with Gasteiger partial charge in [-0.3, -0.25) is 4.79 Å². The fourth-order valence-corrected chi connectivity index (χ4v) is 2.66. The number of rotatable bonds is 2. The predicted octanol–water partition coefficient (Wildman–Crippen LogP) is 2.33. The number of thiophene rings is 1. The Labute approximate surface area is 80.5 Å². The fourth-order valence-electron chi connectivity index (χ4n) is 1.50. The van der Waals surface area contributed by atoms with E-state index >= 15 is 0 Å². The predicted molar refractivity (Wildman–Crippen MR) is 53.0 cm³/mol. The number of hydrogen-bond acceptors (Lipinski definition) is 2. The Morgan fingerprint density at radius 1 is 1.62 bits per heavy atom. The third-order valence-electron chi connectivity index (χ3n) is 2.05. The van der Waals surface area contributed by atoms with Crippen molar-refractivity contribution >= 4 is 23.4 Å². The molecule has 1 aromatic heterocycles. The van der Waals surface area contributed by atoms with Crippen LogP contribution in [0.25, 0.3) is 6.08 Å². The Kier molecular flexibility index (Phi) is 2.19. The molecule has 1 aliphatic rings. The van der Waals surface area contributed by atoms with E-state index in [0.29, 0.717) is 0 Å². The van der Waals surface area contributed by atoms with Gasteiger partial charge in [-0.15, -0.1) is 11.3 Å². The quantitative estimate of drug-likeness (QED) is 0.784. The first kappa shape index (κ1) is 8.51. The summed E-state index contributed by atoms with van der Waals surface area (Å²) >= 11 is 1.63. The molecule has 1 N–H and O–H groups in total. The number of allylic oxidation sites excluding steroid dienone is 1. The number of aryl methyl sites for hydroxylation is 1. The normalized spacial score (nSPS) is 14.2. The van der Waals surface area contributed by atoms with Crippen molar-refractivity contribution in [3.8, 4) is 0 Å². The van der Waals surface area contributed by atoms with Crippen LogP contribution in [-0.4, -0.2) is 11.1 Å². The van der Waals surface area contributed by atoms with Crippen molar-refractivity contribution < 1.29 is 9.90 Å². The van der Waals surface area contributed by atoms with E-state index in [1.807, 2.05) is 6.07 Å². The molecule has 3 heteroatoms. The third kappa shape index (κ3) is 1.80. The van der Waals surface area contributed by atoms with Crippen LogP contribution in [0, 0.1) is 0 Å². The number of fused-ring (bicyclic) bond motifs is 1. The maximum atomic E-state index is 10.5. The lowest BCUT2D eigenvalue weighted by atomic mass is 10.1. The highest BCUT2D eigenvalue weighted by Crippen LogP contribution is 2.28. The summed E-state index contributed by atoms with van der Waals surface area (Å²) in [7, 11) is 0. The van der Waals surface area contributed by atoms with Crippen LogP contribution in [0.1, 0.15) is 21.7 Å². The van der Waals surface area contributed by atoms with Crippen LogP contribution in [0.2, 0.25) is 0 Å². The Bertz CT molecular complexity index is 363. The van der Waals surface area contributed by atoms with E-state index in [0.717, 1.165) is 17.7 Å². The first-order chi connectivity index (χ1) is 6.25. The molecule has 1 heterocycles. The number of carbonyl (C=O) groups is 1. The lowest BCUT2D eigenvalue weighted by molar-refractivity contribution is -0.136. The van der Waals surface area contributed by atoms with Gasteiger partial charge < -0.3 is 5.11 Å². The number of carboxylic acid groups (broad SMARTS) is 1. The molecule has 1 aliphatic carbocycles. The molecule has 0 atom stereocenters. The molecular formula is C10H10O2S. The van der Waals surface area contributed by atoms with Gasteiger partial charge in [0.15, 0.2) is 0 Å². The van der Waals surface area contributed by atoms with E-state index in [4.69, 9.17) is 5.11 Å². The van der Waals surface area contributed by atoms with E-state index in [-0.39, 0.29) is 6.42 Å². The molecule has 68 valence electrons. The van der Waals surface area contributed by atoms with Gasteiger partial charge in [0.25, 0.3) is 0 Å². The average Bonchev–Trinajstić information content (AvgIpc) is 2.44. The summed E-state index contributed by atoms with van der Waals surface area (Å²) in [5.41, 5.74) is 1.22. The molecule has 0 saturated carbocycles. The van der Waals surface area contributed by atoms with E-state index < -0.39 is 5.97 Å². The lowest BCUT2D eigenvalue weighted by Crippen LogP contribution is -1.97. The molecule has 13 heavy (non-hydrogen) atoms. The molecule has 2 nitrogen and oxygen atoms in total. The highest BCUT2D eigenvalue weighted by molar-refractivity contribution is 7.12. The zero-order valence-electron chi connectivity index (χ0n) is 7.12. The van der Waals surface area contributed by atoms with Crippen molar-refractivity contribution in [1.29, 1.82) is 0 Å². The van der Waals surface area contributed by atoms with Gasteiger partial charge in [-0.25, -0.2) is 0 Å². The van der Waals surface area contributed by atoms with Crippen LogP contribution in [0.4, 0.5) is 0 Å². The van der Waals surface area contributed by atoms with Crippen LogP contribution in [0.15, 0.2) is 12.1 Å². The highest BCUT2D eigenvalue weighted by atomic mass is 32.1. The second kappa shape index (κ2) is 3.34. The Morgan fingerprint density at radius 3 is 3.15 bits per heavy atom. The van der Waals surface area contributed by atoms with E-state index in [1.54, 1.807) is 11.3 Å². The summed E-state index contributed by atoms with van der Waals surface area (Å²) in [6.07, 6.45) is 6.53. The highest BCUT2D eigenvalue weighted by Gasteiger charge is 2.11. The van der Waals surface area contributed by atoms with Crippen molar-refractivity contribution in [1.82, 2.24) is 0 Å². The lowest BCUT2D eigenvalue weighted by Gasteiger charge is -2.01. The number of aliphatic carboxylic acids is 1. The second-order valence-corrected chi connectivity index (χ2v) is 4.32. The maximum Gasteiger partial charge on any atom is 0.308 e. The third-order valence-corrected chi connectivity index (χ3v) is 3.26. The summed E-state index contributed by atoms with van der Waals surface area (Å²) in [6.45, 7) is 0. The van der Waals surface area contributed by atoms with Gasteiger partial charge in [0.05, 0.1) is 6.42 Å². The maximum absolute atomic E-state index is 10.5. The van der Waals surface area contributed by atoms with Gasteiger partial charge in [-0.1, -0.05) is 12.2 Å². The van der Waals surface area contributed by atoms with Crippen molar-refractivity contribution in [2.75, 3.05) is 0 Å². The SMILES string of the molecule is O=C(O)Cc1cc2c(s1)CCC=C2. The minimum Gasteiger partial charge on any atom is -0.481 e. The summed E-state index contributed by atoms with van der Waals surface area (Å²) in [5, 5.41) is 8.62. The monoisotopic (exact) mass is 194 g/mol. The van der Waals surface area contributed by atoms with Gasteiger partial charge in [-0.05, 0) is 24.5 Å². The fraction of sp³-hybridized carbons (Fsp3) is 0.300. The van der Waals surface area contributed by atoms with E-state index in [9.17, 15) is 4.79 Å². The number of carboxylic acids is 1. The van der Waals surface area contributed by atoms with Crippen LogP contribution in [0.5, 0.6) is 0 Å². The van der Waals surface area contributed by atoms with Crippen LogP contribution >= 0.6 is 11.3 Å². The molecule has 0 aromatic carbocycles. The topological polar surface area (TPSA) is 37.3 Å². The zero-order chi connectivity index (χ0) is 9.26. The minimum atomic E-state index is -0.748. The molecular weight excluding hydrogens is 184 g/mol. The van der Waals surface area contributed by atoms with Gasteiger partial charge in [-0.2, -0.15) is 0 Å². The minimum absolute atomic E-state index is 0.158. The average molecular weight is 194 g/mol. The molecule has 1 aromatic rings. The van der Waals surface area contributed by atoms with Crippen molar-refractivity contribution in [3.05, 3.63) is 27.5 Å². The molecule has 0 aliphatic heterocycles. The first-order valence-electron chi connectivity index (χ1n) is 4.25. The van der Waals surface area contributed by atoms with Crippen molar-refractivity contribution in [2.45, 2.75) is 19.3 Å². The van der Waals surface area contributed by atoms with Gasteiger partial charge in [0.2, 0.25) is 0 Å². The summed E-state index contributed by atoms with van der Waals surface area (Å²) in [5.74, 6) is -0.748. The van der Waals surface area contributed by atoms with Crippen LogP contribution in [-0.2, 0) is 17.6 Å². The van der Waals surface area contributed by atoms with Gasteiger partial charge >= 0.3 is 5.97 Å². The molecule has 0 amide bonds. The Hall–Kier alpha value is -1.09. The summed E-state index contributed by atoms with van der Waals surface area (Å²) < 4.78 is 0. The van der Waals surface area contributed by atoms with Crippen LogP contribution in [0.3, 0.4) is 0 Å². The van der Waals surface area contributed by atoms with Crippen LogP contribution < -0.4 is 0 Å². The van der Waals surface area contributed by atoms with Crippen molar-refractivity contribution in [3.63, 3.8) is 0 Å². The molecule has 0 radical (unpaired) electrons. The smallest absolute Gasteiger partial charge is 0.308 e. The molecule has 0 spiro atoms. The Balaban J connectivity index is 2.26. The van der Waals surface area contributed by atoms with E-state index in [1.165, 1.54) is 10.4 Å². The zero-order valence-corrected chi connectivity index (χ0v) is 7.93. The summed E-state index contributed by atoms with van der Waals surface area (Å²) in [4.78, 5) is 12.8. The van der Waals surface area contributed by atoms with E-state index in [2.05, 4.69) is 12.2 Å². The molecule has 0 unspecified atom stereocenters. The standard InChI is InChI=1S/C10H10O2S/c11-10(12)6-8-5-7-3-1-2-4-9(7)13-8/h1,3,5H,2,4,6H2,(H,11,12). The molecule has 2 rings (SSSR count). The molecule has 0 fully saturated rings. The first-order valence-corrected chi connectivity index (χ1v) is 5.07. The Morgan fingerprint density at radius 2 is 2.46 bits per heavy atom. The van der Waals surface area contributed by atoms with Gasteiger partial charge in [0, 0.05) is 9.75 Å². The second-order valence-electron chi connectivity index (χ2n) is 3.10. The van der Waals surface area contributed by atoms with Crippen molar-refractivity contribution in [2.24, 2.45) is 0 Å². The largest absolute Gasteiger partial charge is 0.481 e. The summed E-state index contributed by atoms with van der Waals surface area (Å²) in [6, 6.07) is 1.99. The van der Waals surface area contributed by atoms with Gasteiger partial charge in [0.1, 0.15) is 0 Å². The molecule has 0 bridgehead atoms.